The molecular weight excluding hydrogens is 235 g/mol. The van der Waals surface area contributed by atoms with Gasteiger partial charge in [-0.15, -0.1) is 0 Å². The van der Waals surface area contributed by atoms with Crippen LogP contribution in [0.15, 0.2) is 0 Å². The molecule has 1 N–H and O–H groups in total. The Morgan fingerprint density at radius 2 is 2.08 bits per heavy atom. The number of nitrogens with one attached hydrogen (secondary N) is 1. The van der Waals surface area contributed by atoms with Gasteiger partial charge in [0, 0.05) is 32.7 Å². The Morgan fingerprint density at radius 3 is 2.62 bits per heavy atom. The standard InChI is InChI=1S/C11H19N.Y/c1-12-11-7-6-10(8-11)9-4-2-3-5-9;/h4,6,9-12H,2-3,5,7-8H2,1H3;/q-2;. The molecule has 0 heterocycles. The van der Waals surface area contributed by atoms with E-state index >= 15 is 0 Å². The number of hydrogen-bond donors (Lipinski definition) is 1. The molecular formula is C11H19NY-2. The van der Waals surface area contributed by atoms with Gasteiger partial charge in [-0.2, -0.15) is 24.7 Å². The zero-order valence-corrected chi connectivity index (χ0v) is 11.3. The number of hydrogen-bond acceptors (Lipinski definition) is 1. The third kappa shape index (κ3) is 3.01. The average molecular weight is 254 g/mol. The van der Waals surface area contributed by atoms with Crippen LogP contribution in [0.4, 0.5) is 0 Å². The van der Waals surface area contributed by atoms with E-state index < -0.39 is 0 Å². The minimum atomic E-state index is 0. The van der Waals surface area contributed by atoms with Crippen molar-refractivity contribution in [2.75, 3.05) is 7.05 Å². The quantitative estimate of drug-likeness (QED) is 0.745. The summed E-state index contributed by atoms with van der Waals surface area (Å²) in [6.07, 6.45) is 12.0. The zero-order chi connectivity index (χ0) is 8.39. The topological polar surface area (TPSA) is 12.0 Å². The summed E-state index contributed by atoms with van der Waals surface area (Å²) in [5.74, 6) is 1.81. The molecule has 1 radical (unpaired) electrons. The van der Waals surface area contributed by atoms with Crippen molar-refractivity contribution in [3.63, 3.8) is 0 Å². The van der Waals surface area contributed by atoms with Crippen molar-refractivity contribution in [1.29, 1.82) is 0 Å². The van der Waals surface area contributed by atoms with Crippen LogP contribution in [0.3, 0.4) is 0 Å². The van der Waals surface area contributed by atoms with Gasteiger partial charge >= 0.3 is 0 Å². The molecule has 2 saturated carbocycles. The van der Waals surface area contributed by atoms with E-state index in [1.54, 1.807) is 0 Å². The maximum Gasteiger partial charge on any atom is 0 e. The zero-order valence-electron chi connectivity index (χ0n) is 8.50. The third-order valence-electron chi connectivity index (χ3n) is 3.45. The van der Waals surface area contributed by atoms with E-state index in [2.05, 4.69) is 25.2 Å². The maximum atomic E-state index is 3.37. The minimum absolute atomic E-state index is 0. The van der Waals surface area contributed by atoms with Crippen molar-refractivity contribution in [2.45, 2.75) is 38.1 Å². The van der Waals surface area contributed by atoms with Gasteiger partial charge in [0.15, 0.2) is 0 Å². The number of rotatable bonds is 2. The molecule has 0 amide bonds. The first-order valence-corrected chi connectivity index (χ1v) is 5.24. The van der Waals surface area contributed by atoms with Crippen molar-refractivity contribution < 1.29 is 32.7 Å². The molecule has 13 heavy (non-hydrogen) atoms. The Hall–Kier alpha value is 1.06. The molecule has 0 bridgehead atoms. The molecule has 2 fully saturated rings. The molecule has 0 aromatic heterocycles. The van der Waals surface area contributed by atoms with Gasteiger partial charge in [0.05, 0.1) is 0 Å². The predicted octanol–water partition coefficient (Wildman–Crippen LogP) is 2.19. The van der Waals surface area contributed by atoms with Gasteiger partial charge in [0.25, 0.3) is 0 Å². The van der Waals surface area contributed by atoms with Gasteiger partial charge in [-0.25, -0.2) is 0 Å². The van der Waals surface area contributed by atoms with Crippen molar-refractivity contribution in [1.82, 2.24) is 5.32 Å². The first kappa shape index (κ1) is 12.1. The Morgan fingerprint density at radius 1 is 1.23 bits per heavy atom. The summed E-state index contributed by atoms with van der Waals surface area (Å²) in [5, 5.41) is 3.37. The van der Waals surface area contributed by atoms with E-state index in [9.17, 15) is 0 Å². The Bertz CT molecular complexity index is 143. The van der Waals surface area contributed by atoms with E-state index in [4.69, 9.17) is 0 Å². The fourth-order valence-electron chi connectivity index (χ4n) is 2.64. The van der Waals surface area contributed by atoms with Crippen LogP contribution in [0.1, 0.15) is 32.1 Å². The van der Waals surface area contributed by atoms with Gasteiger partial charge in [0.1, 0.15) is 0 Å². The van der Waals surface area contributed by atoms with E-state index in [1.165, 1.54) is 32.1 Å². The molecule has 0 aliphatic heterocycles. The van der Waals surface area contributed by atoms with Gasteiger partial charge in [-0.05, 0) is 13.1 Å². The summed E-state index contributed by atoms with van der Waals surface area (Å²) in [4.78, 5) is 0. The van der Waals surface area contributed by atoms with Crippen molar-refractivity contribution >= 4 is 0 Å². The molecule has 0 saturated heterocycles. The van der Waals surface area contributed by atoms with Gasteiger partial charge in [-0.3, -0.25) is 0 Å². The van der Waals surface area contributed by atoms with E-state index in [-0.39, 0.29) is 32.7 Å². The first-order chi connectivity index (χ1) is 5.90. The molecule has 0 spiro atoms. The van der Waals surface area contributed by atoms with Crippen LogP contribution in [-0.4, -0.2) is 13.1 Å². The predicted molar refractivity (Wildman–Crippen MR) is 51.5 cm³/mol. The monoisotopic (exact) mass is 254 g/mol. The molecule has 1 nitrogen and oxygen atoms in total. The molecule has 73 valence electrons. The second-order valence-corrected chi connectivity index (χ2v) is 4.19. The van der Waals surface area contributed by atoms with Gasteiger partial charge in [-0.1, -0.05) is 19.3 Å². The van der Waals surface area contributed by atoms with Crippen LogP contribution in [0.2, 0.25) is 0 Å². The summed E-state index contributed by atoms with van der Waals surface area (Å²) < 4.78 is 0. The second kappa shape index (κ2) is 5.83. The molecule has 2 aliphatic rings. The molecule has 2 aliphatic carbocycles. The van der Waals surface area contributed by atoms with Crippen LogP contribution in [0, 0.1) is 24.7 Å². The fourth-order valence-corrected chi connectivity index (χ4v) is 2.64. The van der Waals surface area contributed by atoms with E-state index in [0.29, 0.717) is 0 Å². The Kier molecular flexibility index (Phi) is 5.44. The fraction of sp³-hybridized carbons (Fsp3) is 0.818. The van der Waals surface area contributed by atoms with Gasteiger partial charge in [0.2, 0.25) is 0 Å². The normalized spacial score (nSPS) is 39.0. The average Bonchev–Trinajstić information content (AvgIpc) is 2.75. The molecule has 2 rings (SSSR count). The smallest absolute Gasteiger partial charge is 0 e. The Labute approximate surface area is 107 Å². The van der Waals surface area contributed by atoms with Crippen LogP contribution in [0.25, 0.3) is 0 Å². The first-order valence-electron chi connectivity index (χ1n) is 5.24. The SMILES string of the molecule is CNC1C[CH-]C(C2[CH-]CCC2)C1.[Y]. The maximum absolute atomic E-state index is 3.37. The van der Waals surface area contributed by atoms with Crippen LogP contribution >= 0.6 is 0 Å². The molecule has 0 aromatic rings. The van der Waals surface area contributed by atoms with E-state index in [1.807, 2.05) is 0 Å². The molecule has 3 atom stereocenters. The largest absolute Gasteiger partial charge is 0.328 e. The third-order valence-corrected chi connectivity index (χ3v) is 3.45. The Balaban J connectivity index is 0.000000845. The van der Waals surface area contributed by atoms with Crippen molar-refractivity contribution in [2.24, 2.45) is 11.8 Å². The summed E-state index contributed by atoms with van der Waals surface area (Å²) in [5.41, 5.74) is 0. The molecule has 3 unspecified atom stereocenters. The molecule has 0 aromatic carbocycles. The van der Waals surface area contributed by atoms with Crippen molar-refractivity contribution in [3.05, 3.63) is 12.8 Å². The van der Waals surface area contributed by atoms with Gasteiger partial charge < -0.3 is 18.2 Å². The van der Waals surface area contributed by atoms with Crippen LogP contribution in [-0.2, 0) is 32.7 Å². The minimum Gasteiger partial charge on any atom is -0.328 e. The van der Waals surface area contributed by atoms with Crippen molar-refractivity contribution in [3.8, 4) is 0 Å². The van der Waals surface area contributed by atoms with Crippen LogP contribution < -0.4 is 5.32 Å². The van der Waals surface area contributed by atoms with E-state index in [0.717, 1.165) is 17.9 Å². The summed E-state index contributed by atoms with van der Waals surface area (Å²) in [6.45, 7) is 0. The molecule has 2 heteroatoms. The second-order valence-electron chi connectivity index (χ2n) is 4.19. The summed E-state index contributed by atoms with van der Waals surface area (Å²) in [7, 11) is 2.08. The van der Waals surface area contributed by atoms with Crippen LogP contribution in [0.5, 0.6) is 0 Å². The summed E-state index contributed by atoms with van der Waals surface area (Å²) >= 11 is 0. The summed E-state index contributed by atoms with van der Waals surface area (Å²) in [6, 6.07) is 0.768.